The van der Waals surface area contributed by atoms with Gasteiger partial charge in [-0.3, -0.25) is 4.79 Å². The maximum atomic E-state index is 12.1. The number of amides is 1. The van der Waals surface area contributed by atoms with Crippen molar-refractivity contribution >= 4 is 11.7 Å². The molecule has 0 bridgehead atoms. The van der Waals surface area contributed by atoms with Crippen LogP contribution in [-0.2, 0) is 0 Å². The van der Waals surface area contributed by atoms with E-state index in [2.05, 4.69) is 10.3 Å². The van der Waals surface area contributed by atoms with Crippen LogP contribution >= 0.6 is 0 Å². The highest BCUT2D eigenvalue weighted by atomic mass is 16.3. The molecule has 0 aliphatic rings. The average molecular weight is 251 g/mol. The van der Waals surface area contributed by atoms with E-state index in [0.29, 0.717) is 24.3 Å². The number of hydrogen-bond donors (Lipinski definition) is 2. The molecular weight excluding hydrogens is 230 g/mol. The predicted molar refractivity (Wildman–Crippen MR) is 71.7 cm³/mol. The Morgan fingerprint density at radius 3 is 2.94 bits per heavy atom. The van der Waals surface area contributed by atoms with Gasteiger partial charge in [0, 0.05) is 31.9 Å². The van der Waals surface area contributed by atoms with Gasteiger partial charge in [-0.15, -0.1) is 0 Å². The van der Waals surface area contributed by atoms with Crippen molar-refractivity contribution < 1.29 is 9.90 Å². The summed E-state index contributed by atoms with van der Waals surface area (Å²) < 4.78 is 0. The first-order valence-electron chi connectivity index (χ1n) is 6.18. The first-order chi connectivity index (χ1) is 8.54. The van der Waals surface area contributed by atoms with Gasteiger partial charge in [0.2, 0.25) is 0 Å². The van der Waals surface area contributed by atoms with Gasteiger partial charge in [-0.1, -0.05) is 0 Å². The molecule has 1 heterocycles. The zero-order chi connectivity index (χ0) is 13.5. The Kier molecular flexibility index (Phi) is 5.58. The van der Waals surface area contributed by atoms with Crippen molar-refractivity contribution in [2.75, 3.05) is 25.5 Å². The summed E-state index contributed by atoms with van der Waals surface area (Å²) in [5.74, 6) is 0.643. The third-order valence-corrected chi connectivity index (χ3v) is 2.59. The molecule has 0 saturated carbocycles. The lowest BCUT2D eigenvalue weighted by Gasteiger charge is -2.18. The van der Waals surface area contributed by atoms with E-state index in [0.717, 1.165) is 6.54 Å². The fourth-order valence-electron chi connectivity index (χ4n) is 1.54. The van der Waals surface area contributed by atoms with Crippen LogP contribution in [0, 0.1) is 0 Å². The molecule has 1 rings (SSSR count). The number of carbonyl (C=O) groups is 1. The molecule has 5 nitrogen and oxygen atoms in total. The van der Waals surface area contributed by atoms with Gasteiger partial charge < -0.3 is 15.3 Å². The standard InChI is InChI=1S/C13H21N3O2/c1-4-14-12-9-11(5-7-15-12)13(18)16(3)8-6-10(2)17/h5,7,9-10,17H,4,6,8H2,1-3H3,(H,14,15). The molecule has 0 radical (unpaired) electrons. The molecule has 1 unspecified atom stereocenters. The molecule has 18 heavy (non-hydrogen) atoms. The SMILES string of the molecule is CCNc1cc(C(=O)N(C)CCC(C)O)ccn1. The second kappa shape index (κ2) is 6.96. The second-order valence-electron chi connectivity index (χ2n) is 4.32. The second-order valence-corrected chi connectivity index (χ2v) is 4.32. The summed E-state index contributed by atoms with van der Waals surface area (Å²) in [7, 11) is 1.73. The number of carbonyl (C=O) groups excluding carboxylic acids is 1. The van der Waals surface area contributed by atoms with Gasteiger partial charge in [-0.05, 0) is 32.4 Å². The maximum absolute atomic E-state index is 12.1. The number of rotatable bonds is 6. The van der Waals surface area contributed by atoms with Gasteiger partial charge in [0.25, 0.3) is 5.91 Å². The molecule has 0 aliphatic heterocycles. The molecule has 5 heteroatoms. The van der Waals surface area contributed by atoms with Crippen LogP contribution in [0.5, 0.6) is 0 Å². The molecule has 0 fully saturated rings. The summed E-state index contributed by atoms with van der Waals surface area (Å²) >= 11 is 0. The molecule has 1 atom stereocenters. The molecule has 1 aromatic heterocycles. The van der Waals surface area contributed by atoms with Crippen LogP contribution in [-0.4, -0.2) is 47.1 Å². The first kappa shape index (κ1) is 14.4. The van der Waals surface area contributed by atoms with Gasteiger partial charge in [0.1, 0.15) is 5.82 Å². The van der Waals surface area contributed by atoms with Crippen molar-refractivity contribution in [2.45, 2.75) is 26.4 Å². The fourth-order valence-corrected chi connectivity index (χ4v) is 1.54. The van der Waals surface area contributed by atoms with E-state index in [1.807, 2.05) is 6.92 Å². The lowest BCUT2D eigenvalue weighted by molar-refractivity contribution is 0.0769. The zero-order valence-electron chi connectivity index (χ0n) is 11.2. The lowest BCUT2D eigenvalue weighted by Crippen LogP contribution is -2.29. The van der Waals surface area contributed by atoms with Crippen molar-refractivity contribution in [3.05, 3.63) is 23.9 Å². The predicted octanol–water partition coefficient (Wildman–Crippen LogP) is 1.36. The third kappa shape index (κ3) is 4.33. The molecule has 2 N–H and O–H groups in total. The van der Waals surface area contributed by atoms with Crippen LogP contribution in [0.2, 0.25) is 0 Å². The molecule has 1 amide bonds. The van der Waals surface area contributed by atoms with Crippen LogP contribution in [0.1, 0.15) is 30.6 Å². The summed E-state index contributed by atoms with van der Waals surface area (Å²) in [5, 5.41) is 12.3. The van der Waals surface area contributed by atoms with E-state index in [1.54, 1.807) is 37.2 Å². The number of nitrogens with zero attached hydrogens (tertiary/aromatic N) is 2. The Hall–Kier alpha value is -1.62. The number of pyridine rings is 1. The Bertz CT molecular complexity index is 394. The Labute approximate surface area is 108 Å². The lowest BCUT2D eigenvalue weighted by atomic mass is 10.2. The molecule has 1 aromatic rings. The minimum Gasteiger partial charge on any atom is -0.393 e. The number of hydrogen-bond acceptors (Lipinski definition) is 4. The van der Waals surface area contributed by atoms with Crippen LogP contribution < -0.4 is 5.32 Å². The highest BCUT2D eigenvalue weighted by Crippen LogP contribution is 2.09. The van der Waals surface area contributed by atoms with E-state index >= 15 is 0 Å². The van der Waals surface area contributed by atoms with Crippen molar-refractivity contribution in [1.29, 1.82) is 0 Å². The van der Waals surface area contributed by atoms with E-state index in [4.69, 9.17) is 0 Å². The number of aliphatic hydroxyl groups is 1. The molecule has 0 spiro atoms. The summed E-state index contributed by atoms with van der Waals surface area (Å²) in [6.45, 7) is 5.00. The van der Waals surface area contributed by atoms with Crippen molar-refractivity contribution in [3.8, 4) is 0 Å². The molecular formula is C13H21N3O2. The smallest absolute Gasteiger partial charge is 0.253 e. The van der Waals surface area contributed by atoms with Gasteiger partial charge >= 0.3 is 0 Å². The highest BCUT2D eigenvalue weighted by molar-refractivity contribution is 5.94. The minimum absolute atomic E-state index is 0.0581. The van der Waals surface area contributed by atoms with E-state index in [9.17, 15) is 9.90 Å². The number of aromatic nitrogens is 1. The highest BCUT2D eigenvalue weighted by Gasteiger charge is 2.12. The van der Waals surface area contributed by atoms with Crippen molar-refractivity contribution in [1.82, 2.24) is 9.88 Å². The fraction of sp³-hybridized carbons (Fsp3) is 0.538. The quantitative estimate of drug-likeness (QED) is 0.801. The topological polar surface area (TPSA) is 65.5 Å². The van der Waals surface area contributed by atoms with Gasteiger partial charge in [-0.25, -0.2) is 4.98 Å². The molecule has 0 aliphatic carbocycles. The Morgan fingerprint density at radius 2 is 2.33 bits per heavy atom. The summed E-state index contributed by atoms with van der Waals surface area (Å²) in [6, 6.07) is 3.44. The van der Waals surface area contributed by atoms with Gasteiger partial charge in [0.05, 0.1) is 6.10 Å². The normalized spacial score (nSPS) is 12.0. The zero-order valence-corrected chi connectivity index (χ0v) is 11.2. The number of anilines is 1. The first-order valence-corrected chi connectivity index (χ1v) is 6.18. The van der Waals surface area contributed by atoms with Crippen LogP contribution in [0.4, 0.5) is 5.82 Å². The van der Waals surface area contributed by atoms with E-state index in [1.165, 1.54) is 0 Å². The molecule has 100 valence electrons. The maximum Gasteiger partial charge on any atom is 0.253 e. The van der Waals surface area contributed by atoms with Crippen molar-refractivity contribution in [3.63, 3.8) is 0 Å². The Morgan fingerprint density at radius 1 is 1.61 bits per heavy atom. The number of aliphatic hydroxyl groups excluding tert-OH is 1. The van der Waals surface area contributed by atoms with Crippen LogP contribution in [0.25, 0.3) is 0 Å². The minimum atomic E-state index is -0.394. The van der Waals surface area contributed by atoms with E-state index in [-0.39, 0.29) is 5.91 Å². The summed E-state index contributed by atoms with van der Waals surface area (Å²) in [6.07, 6.45) is 1.80. The van der Waals surface area contributed by atoms with Gasteiger partial charge in [0.15, 0.2) is 0 Å². The van der Waals surface area contributed by atoms with Crippen LogP contribution in [0.15, 0.2) is 18.3 Å². The summed E-state index contributed by atoms with van der Waals surface area (Å²) in [5.41, 5.74) is 0.606. The average Bonchev–Trinajstić information content (AvgIpc) is 2.35. The Balaban J connectivity index is 2.67. The molecule has 0 saturated heterocycles. The summed E-state index contributed by atoms with van der Waals surface area (Å²) in [4.78, 5) is 17.8. The van der Waals surface area contributed by atoms with E-state index < -0.39 is 6.10 Å². The van der Waals surface area contributed by atoms with Crippen molar-refractivity contribution in [2.24, 2.45) is 0 Å². The monoisotopic (exact) mass is 251 g/mol. The largest absolute Gasteiger partial charge is 0.393 e. The third-order valence-electron chi connectivity index (χ3n) is 2.59. The van der Waals surface area contributed by atoms with Crippen LogP contribution in [0.3, 0.4) is 0 Å². The molecule has 0 aromatic carbocycles. The number of nitrogens with one attached hydrogen (secondary N) is 1. The van der Waals surface area contributed by atoms with Gasteiger partial charge in [-0.2, -0.15) is 0 Å².